The van der Waals surface area contributed by atoms with Crippen molar-refractivity contribution >= 4 is 17.0 Å². The molecule has 0 spiro atoms. The molecule has 33 heavy (non-hydrogen) atoms. The van der Waals surface area contributed by atoms with Gasteiger partial charge in [-0.2, -0.15) is 4.39 Å². The second kappa shape index (κ2) is 9.49. The first-order valence-corrected chi connectivity index (χ1v) is 10.4. The van der Waals surface area contributed by atoms with E-state index >= 15 is 0 Å². The van der Waals surface area contributed by atoms with Crippen molar-refractivity contribution in [1.82, 2.24) is 29.5 Å². The number of hydrogen-bond acceptors (Lipinski definition) is 7. The molecule has 4 heterocycles. The molecule has 0 bridgehead atoms. The first-order valence-electron chi connectivity index (χ1n) is 10.4. The third kappa shape index (κ3) is 4.26. The molecule has 0 amide bonds. The molecule has 0 aliphatic heterocycles. The third-order valence-corrected chi connectivity index (χ3v) is 4.84. The number of benzene rings is 1. The standard InChI is InChI=1S/C22H16FN7O.C2H6/c23-19-11-26-18(10-27-19)16-7-8-17-22(28-16)30(14-5-3-13(12-31)4-6-14)21(29-17)15-2-1-9-25-20(15)24;1-2/h1-11,31H,12H2,(H2,24,25);1-2H3. The number of anilines is 1. The van der Waals surface area contributed by atoms with E-state index in [4.69, 9.17) is 15.7 Å². The molecule has 166 valence electrons. The molecule has 8 nitrogen and oxygen atoms in total. The molecule has 9 heteroatoms. The molecule has 4 aromatic heterocycles. The van der Waals surface area contributed by atoms with Gasteiger partial charge in [0.25, 0.3) is 0 Å². The average molecular weight is 443 g/mol. The minimum Gasteiger partial charge on any atom is -0.392 e. The summed E-state index contributed by atoms with van der Waals surface area (Å²) in [6.07, 6.45) is 4.00. The quantitative estimate of drug-likeness (QED) is 0.428. The summed E-state index contributed by atoms with van der Waals surface area (Å²) < 4.78 is 15.1. The highest BCUT2D eigenvalue weighted by Crippen LogP contribution is 2.31. The van der Waals surface area contributed by atoms with Crippen LogP contribution in [0, 0.1) is 5.95 Å². The van der Waals surface area contributed by atoms with Gasteiger partial charge in [0.05, 0.1) is 30.3 Å². The minimum absolute atomic E-state index is 0.0565. The van der Waals surface area contributed by atoms with Gasteiger partial charge in [0.1, 0.15) is 17.0 Å². The van der Waals surface area contributed by atoms with Gasteiger partial charge in [-0.3, -0.25) is 4.57 Å². The zero-order chi connectivity index (χ0) is 23.4. The number of halogens is 1. The summed E-state index contributed by atoms with van der Waals surface area (Å²) in [4.78, 5) is 21.4. The van der Waals surface area contributed by atoms with E-state index < -0.39 is 5.95 Å². The Morgan fingerprint density at radius 2 is 1.70 bits per heavy atom. The smallest absolute Gasteiger partial charge is 0.231 e. The molecule has 0 saturated carbocycles. The van der Waals surface area contributed by atoms with E-state index in [0.29, 0.717) is 39.8 Å². The highest BCUT2D eigenvalue weighted by Gasteiger charge is 2.19. The van der Waals surface area contributed by atoms with Crippen LogP contribution in [-0.4, -0.2) is 34.6 Å². The molecule has 0 aliphatic rings. The lowest BCUT2D eigenvalue weighted by atomic mass is 10.2. The van der Waals surface area contributed by atoms with Crippen LogP contribution in [0.3, 0.4) is 0 Å². The molecular weight excluding hydrogens is 421 g/mol. The van der Waals surface area contributed by atoms with Crippen molar-refractivity contribution in [3.63, 3.8) is 0 Å². The van der Waals surface area contributed by atoms with Crippen molar-refractivity contribution in [2.24, 2.45) is 0 Å². The fourth-order valence-corrected chi connectivity index (χ4v) is 3.33. The normalized spacial score (nSPS) is 10.7. The number of hydrogen-bond donors (Lipinski definition) is 2. The van der Waals surface area contributed by atoms with Gasteiger partial charge >= 0.3 is 0 Å². The van der Waals surface area contributed by atoms with Crippen molar-refractivity contribution in [3.05, 3.63) is 78.6 Å². The maximum absolute atomic E-state index is 13.2. The van der Waals surface area contributed by atoms with Gasteiger partial charge in [-0.25, -0.2) is 24.9 Å². The fourth-order valence-electron chi connectivity index (χ4n) is 3.33. The summed E-state index contributed by atoms with van der Waals surface area (Å²) in [5.74, 6) is 0.260. The van der Waals surface area contributed by atoms with Gasteiger partial charge in [-0.15, -0.1) is 0 Å². The Bertz CT molecular complexity index is 1380. The van der Waals surface area contributed by atoms with E-state index in [-0.39, 0.29) is 6.61 Å². The summed E-state index contributed by atoms with van der Waals surface area (Å²) in [7, 11) is 0. The molecular formula is C24H22FN7O. The maximum Gasteiger partial charge on any atom is 0.231 e. The van der Waals surface area contributed by atoms with Crippen molar-refractivity contribution in [1.29, 1.82) is 0 Å². The van der Waals surface area contributed by atoms with Crippen LogP contribution in [-0.2, 0) is 6.61 Å². The van der Waals surface area contributed by atoms with Crippen LogP contribution < -0.4 is 5.73 Å². The van der Waals surface area contributed by atoms with Gasteiger partial charge < -0.3 is 10.8 Å². The van der Waals surface area contributed by atoms with Crippen LogP contribution in [0.4, 0.5) is 10.2 Å². The highest BCUT2D eigenvalue weighted by atomic mass is 19.1. The lowest BCUT2D eigenvalue weighted by Crippen LogP contribution is -2.02. The topological polar surface area (TPSA) is 116 Å². The van der Waals surface area contributed by atoms with Gasteiger partial charge in [-0.05, 0) is 42.0 Å². The Kier molecular flexibility index (Phi) is 6.32. The van der Waals surface area contributed by atoms with Crippen molar-refractivity contribution in [2.75, 3.05) is 5.73 Å². The minimum atomic E-state index is -0.659. The molecule has 0 unspecified atom stereocenters. The number of nitrogen functional groups attached to an aromatic ring is 1. The molecule has 5 rings (SSSR count). The second-order valence-corrected chi connectivity index (χ2v) is 6.80. The number of aliphatic hydroxyl groups is 1. The summed E-state index contributed by atoms with van der Waals surface area (Å²) in [5.41, 5.74) is 10.5. The number of nitrogens with two attached hydrogens (primary N) is 1. The van der Waals surface area contributed by atoms with Crippen LogP contribution in [0.25, 0.3) is 39.6 Å². The van der Waals surface area contributed by atoms with Gasteiger partial charge in [0.15, 0.2) is 11.5 Å². The largest absolute Gasteiger partial charge is 0.392 e. The number of rotatable bonds is 4. The lowest BCUT2D eigenvalue weighted by molar-refractivity contribution is 0.282. The Morgan fingerprint density at radius 1 is 0.909 bits per heavy atom. The van der Waals surface area contributed by atoms with Gasteiger partial charge in [-0.1, -0.05) is 26.0 Å². The number of fused-ring (bicyclic) bond motifs is 1. The number of imidazole rings is 1. The fraction of sp³-hybridized carbons (Fsp3) is 0.125. The van der Waals surface area contributed by atoms with Crippen molar-refractivity contribution in [3.8, 4) is 28.5 Å². The molecule has 0 fully saturated rings. The predicted octanol–water partition coefficient (Wildman–Crippen LogP) is 4.18. The van der Waals surface area contributed by atoms with Crippen LogP contribution >= 0.6 is 0 Å². The average Bonchev–Trinajstić information content (AvgIpc) is 3.24. The lowest BCUT2D eigenvalue weighted by Gasteiger charge is -2.11. The monoisotopic (exact) mass is 443 g/mol. The van der Waals surface area contributed by atoms with Crippen molar-refractivity contribution in [2.45, 2.75) is 20.5 Å². The Balaban J connectivity index is 0.00000126. The molecule has 0 radical (unpaired) electrons. The summed E-state index contributed by atoms with van der Waals surface area (Å²) in [6.45, 7) is 3.94. The molecule has 5 aromatic rings. The molecule has 0 aliphatic carbocycles. The van der Waals surface area contributed by atoms with E-state index in [0.717, 1.165) is 17.4 Å². The summed E-state index contributed by atoms with van der Waals surface area (Å²) in [6, 6.07) is 14.6. The Labute approximate surface area is 189 Å². The SMILES string of the molecule is CC.Nc1ncccc1-c1nc2ccc(-c3cnc(F)cn3)nc2n1-c1ccc(CO)cc1. The van der Waals surface area contributed by atoms with Crippen LogP contribution in [0.2, 0.25) is 0 Å². The number of nitrogens with zero attached hydrogens (tertiary/aromatic N) is 6. The van der Waals surface area contributed by atoms with E-state index in [1.165, 1.54) is 6.20 Å². The first kappa shape index (κ1) is 22.0. The summed E-state index contributed by atoms with van der Waals surface area (Å²) >= 11 is 0. The Hall–Kier alpha value is -4.24. The summed E-state index contributed by atoms with van der Waals surface area (Å²) in [5, 5.41) is 9.39. The first-order chi connectivity index (χ1) is 16.1. The Morgan fingerprint density at radius 3 is 2.36 bits per heavy atom. The highest BCUT2D eigenvalue weighted by molar-refractivity contribution is 5.84. The van der Waals surface area contributed by atoms with Crippen LogP contribution in [0.1, 0.15) is 19.4 Å². The van der Waals surface area contributed by atoms with E-state index in [9.17, 15) is 9.50 Å². The number of aliphatic hydroxyl groups excluding tert-OH is 1. The zero-order valence-corrected chi connectivity index (χ0v) is 18.1. The van der Waals surface area contributed by atoms with E-state index in [1.807, 2.05) is 54.8 Å². The van der Waals surface area contributed by atoms with E-state index in [2.05, 4.69) is 15.0 Å². The zero-order valence-electron chi connectivity index (χ0n) is 18.1. The van der Waals surface area contributed by atoms with Gasteiger partial charge in [0.2, 0.25) is 5.95 Å². The predicted molar refractivity (Wildman–Crippen MR) is 125 cm³/mol. The molecule has 1 aromatic carbocycles. The van der Waals surface area contributed by atoms with Crippen LogP contribution in [0.15, 0.2) is 67.1 Å². The van der Waals surface area contributed by atoms with Gasteiger partial charge in [0, 0.05) is 11.9 Å². The molecule has 0 atom stereocenters. The third-order valence-electron chi connectivity index (χ3n) is 4.84. The second-order valence-electron chi connectivity index (χ2n) is 6.80. The number of aromatic nitrogens is 6. The van der Waals surface area contributed by atoms with Crippen molar-refractivity contribution < 1.29 is 9.50 Å². The van der Waals surface area contributed by atoms with Crippen LogP contribution in [0.5, 0.6) is 0 Å². The van der Waals surface area contributed by atoms with E-state index in [1.54, 1.807) is 18.3 Å². The maximum atomic E-state index is 13.2. The molecule has 0 saturated heterocycles. The number of pyridine rings is 2. The molecule has 3 N–H and O–H groups in total.